The Morgan fingerprint density at radius 2 is 2.05 bits per heavy atom. The van der Waals surface area contributed by atoms with Gasteiger partial charge >= 0.3 is 0 Å². The maximum atomic E-state index is 4.58. The lowest BCUT2D eigenvalue weighted by Crippen LogP contribution is -2.19. The van der Waals surface area contributed by atoms with Crippen molar-refractivity contribution in [1.29, 1.82) is 0 Å². The molecule has 0 saturated heterocycles. The quantitative estimate of drug-likeness (QED) is 0.737. The highest BCUT2D eigenvalue weighted by Gasteiger charge is 2.08. The normalized spacial score (nSPS) is 11.4. The lowest BCUT2D eigenvalue weighted by atomic mass is 10.2. The summed E-state index contributed by atoms with van der Waals surface area (Å²) in [7, 11) is 2.07. The first-order chi connectivity index (χ1) is 10.2. The number of hydrogen-bond acceptors (Lipinski definition) is 4. The third-order valence-corrected chi connectivity index (χ3v) is 4.85. The first-order valence-electron chi connectivity index (χ1n) is 7.19. The minimum atomic E-state index is 0.799. The summed E-state index contributed by atoms with van der Waals surface area (Å²) in [5.74, 6) is 1.09. The predicted molar refractivity (Wildman–Crippen MR) is 87.7 cm³/mol. The van der Waals surface area contributed by atoms with Crippen LogP contribution in [0.4, 0.5) is 0 Å². The third kappa shape index (κ3) is 2.84. The first kappa shape index (κ1) is 14.2. The van der Waals surface area contributed by atoms with Crippen molar-refractivity contribution in [3.63, 3.8) is 0 Å². The molecule has 0 unspecified atom stereocenters. The van der Waals surface area contributed by atoms with Gasteiger partial charge < -0.3 is 9.88 Å². The van der Waals surface area contributed by atoms with Crippen LogP contribution in [-0.2, 0) is 20.0 Å². The van der Waals surface area contributed by atoms with Crippen molar-refractivity contribution in [3.8, 4) is 0 Å². The Morgan fingerprint density at radius 1 is 1.24 bits per heavy atom. The fourth-order valence-corrected chi connectivity index (χ4v) is 3.29. The number of aryl methyl sites for hydroxylation is 1. The Balaban J connectivity index is 1.58. The van der Waals surface area contributed by atoms with Crippen LogP contribution in [0.2, 0.25) is 0 Å². The van der Waals surface area contributed by atoms with Gasteiger partial charge in [0.15, 0.2) is 0 Å². The first-order valence-corrected chi connectivity index (χ1v) is 7.97. The van der Waals surface area contributed by atoms with Crippen molar-refractivity contribution in [1.82, 2.24) is 19.2 Å². The van der Waals surface area contributed by atoms with E-state index < -0.39 is 0 Å². The number of nitrogens with zero attached hydrogens (tertiary/aromatic N) is 3. The van der Waals surface area contributed by atoms with Gasteiger partial charge in [-0.3, -0.25) is 0 Å². The van der Waals surface area contributed by atoms with E-state index in [0.717, 1.165) is 31.0 Å². The van der Waals surface area contributed by atoms with E-state index in [1.54, 1.807) is 11.5 Å². The van der Waals surface area contributed by atoms with Crippen LogP contribution >= 0.6 is 11.5 Å². The summed E-state index contributed by atoms with van der Waals surface area (Å²) < 4.78 is 7.98. The molecule has 0 aliphatic rings. The summed E-state index contributed by atoms with van der Waals surface area (Å²) >= 11 is 1.58. The molecular formula is C16H20N4S. The fraction of sp³-hybridized carbons (Fsp3) is 0.375. The van der Waals surface area contributed by atoms with Gasteiger partial charge in [-0.15, -0.1) is 0 Å². The standard InChI is InChI=1S/C16H20N4S/c1-11-12(2)20(3)16(18-11)10-17-9-8-14-13-6-4-5-7-15(13)21-19-14/h4-7,17H,8-10H2,1-3H3. The van der Waals surface area contributed by atoms with Gasteiger partial charge in [-0.2, -0.15) is 4.37 Å². The van der Waals surface area contributed by atoms with Gasteiger partial charge in [-0.25, -0.2) is 4.98 Å². The average Bonchev–Trinajstić information content (AvgIpc) is 3.01. The van der Waals surface area contributed by atoms with Crippen LogP contribution in [0, 0.1) is 13.8 Å². The van der Waals surface area contributed by atoms with Crippen molar-refractivity contribution in [2.75, 3.05) is 6.54 Å². The number of nitrogens with one attached hydrogen (secondary N) is 1. The molecule has 0 aliphatic heterocycles. The molecule has 0 spiro atoms. The van der Waals surface area contributed by atoms with Gasteiger partial charge in [0, 0.05) is 31.1 Å². The zero-order valence-electron chi connectivity index (χ0n) is 12.7. The molecule has 0 radical (unpaired) electrons. The summed E-state index contributed by atoms with van der Waals surface area (Å²) in [6.07, 6.45) is 0.951. The van der Waals surface area contributed by atoms with Crippen LogP contribution in [0.25, 0.3) is 10.1 Å². The molecule has 0 fully saturated rings. The maximum Gasteiger partial charge on any atom is 0.122 e. The number of benzene rings is 1. The van der Waals surface area contributed by atoms with E-state index in [2.05, 4.69) is 64.4 Å². The second kappa shape index (κ2) is 5.95. The Labute approximate surface area is 129 Å². The van der Waals surface area contributed by atoms with E-state index in [9.17, 15) is 0 Å². The van der Waals surface area contributed by atoms with Crippen molar-refractivity contribution in [2.24, 2.45) is 7.05 Å². The Kier molecular flexibility index (Phi) is 4.03. The largest absolute Gasteiger partial charge is 0.334 e. The van der Waals surface area contributed by atoms with Crippen molar-refractivity contribution >= 4 is 21.6 Å². The van der Waals surface area contributed by atoms with Crippen LogP contribution in [-0.4, -0.2) is 20.5 Å². The molecule has 3 rings (SSSR count). The van der Waals surface area contributed by atoms with E-state index in [-0.39, 0.29) is 0 Å². The zero-order chi connectivity index (χ0) is 14.8. The molecule has 2 heterocycles. The molecule has 0 atom stereocenters. The molecule has 110 valence electrons. The lowest BCUT2D eigenvalue weighted by Gasteiger charge is -2.05. The van der Waals surface area contributed by atoms with Crippen LogP contribution in [0.3, 0.4) is 0 Å². The summed E-state index contributed by atoms with van der Waals surface area (Å²) in [6.45, 7) is 5.87. The van der Waals surface area contributed by atoms with Gasteiger partial charge in [-0.1, -0.05) is 18.2 Å². The minimum absolute atomic E-state index is 0.799. The summed E-state index contributed by atoms with van der Waals surface area (Å²) in [5, 5.41) is 4.75. The average molecular weight is 300 g/mol. The van der Waals surface area contributed by atoms with E-state index >= 15 is 0 Å². The second-order valence-electron chi connectivity index (χ2n) is 5.31. The minimum Gasteiger partial charge on any atom is -0.334 e. The monoisotopic (exact) mass is 300 g/mol. The lowest BCUT2D eigenvalue weighted by molar-refractivity contribution is 0.632. The molecular weight excluding hydrogens is 280 g/mol. The van der Waals surface area contributed by atoms with E-state index in [4.69, 9.17) is 0 Å². The summed E-state index contributed by atoms with van der Waals surface area (Å²) in [6, 6.07) is 8.42. The van der Waals surface area contributed by atoms with Crippen LogP contribution in [0.1, 0.15) is 22.9 Å². The molecule has 1 N–H and O–H groups in total. The Bertz CT molecular complexity index is 757. The Morgan fingerprint density at radius 3 is 2.81 bits per heavy atom. The van der Waals surface area contributed by atoms with Crippen molar-refractivity contribution in [3.05, 3.63) is 47.2 Å². The molecule has 0 amide bonds. The van der Waals surface area contributed by atoms with Gasteiger partial charge in [0.25, 0.3) is 0 Å². The van der Waals surface area contributed by atoms with Gasteiger partial charge in [0.05, 0.1) is 22.6 Å². The second-order valence-corrected chi connectivity index (χ2v) is 6.12. The summed E-state index contributed by atoms with van der Waals surface area (Å²) in [4.78, 5) is 4.58. The summed E-state index contributed by atoms with van der Waals surface area (Å²) in [5.41, 5.74) is 3.53. The Hall–Kier alpha value is -1.72. The fourth-order valence-electron chi connectivity index (χ4n) is 2.47. The van der Waals surface area contributed by atoms with E-state index in [0.29, 0.717) is 0 Å². The zero-order valence-corrected chi connectivity index (χ0v) is 13.5. The highest BCUT2D eigenvalue weighted by atomic mass is 32.1. The predicted octanol–water partition coefficient (Wildman–Crippen LogP) is 2.98. The van der Waals surface area contributed by atoms with Gasteiger partial charge in [-0.05, 0) is 31.4 Å². The van der Waals surface area contributed by atoms with Gasteiger partial charge in [0.2, 0.25) is 0 Å². The number of imidazole rings is 1. The highest BCUT2D eigenvalue weighted by molar-refractivity contribution is 7.13. The van der Waals surface area contributed by atoms with Gasteiger partial charge in [0.1, 0.15) is 5.82 Å². The van der Waals surface area contributed by atoms with E-state index in [1.807, 2.05) is 0 Å². The molecule has 2 aromatic heterocycles. The molecule has 4 nitrogen and oxygen atoms in total. The molecule has 5 heteroatoms. The topological polar surface area (TPSA) is 42.7 Å². The van der Waals surface area contributed by atoms with Crippen LogP contribution in [0.15, 0.2) is 24.3 Å². The number of aromatic nitrogens is 3. The number of hydrogen-bond donors (Lipinski definition) is 1. The maximum absolute atomic E-state index is 4.58. The highest BCUT2D eigenvalue weighted by Crippen LogP contribution is 2.22. The molecule has 0 saturated carbocycles. The van der Waals surface area contributed by atoms with Crippen molar-refractivity contribution < 1.29 is 0 Å². The third-order valence-electron chi connectivity index (χ3n) is 3.98. The SMILES string of the molecule is Cc1nc(CNCCc2nsc3ccccc23)n(C)c1C. The molecule has 0 bridgehead atoms. The number of rotatable bonds is 5. The van der Waals surface area contributed by atoms with Crippen LogP contribution < -0.4 is 5.32 Å². The molecule has 21 heavy (non-hydrogen) atoms. The smallest absolute Gasteiger partial charge is 0.122 e. The van der Waals surface area contributed by atoms with Crippen molar-refractivity contribution in [2.45, 2.75) is 26.8 Å². The molecule has 0 aliphatic carbocycles. The number of fused-ring (bicyclic) bond motifs is 1. The molecule has 3 aromatic rings. The van der Waals surface area contributed by atoms with Crippen LogP contribution in [0.5, 0.6) is 0 Å². The van der Waals surface area contributed by atoms with E-state index in [1.165, 1.54) is 21.5 Å². The molecule has 1 aromatic carbocycles.